The number of nitrogens with zero attached hydrogens (tertiary/aromatic N) is 1. The SMILES string of the molecule is COc1cc(NC(C)(CCl)CCl)ccn1. The lowest BCUT2D eigenvalue weighted by Crippen LogP contribution is -2.38. The van der Waals surface area contributed by atoms with Crippen molar-refractivity contribution in [1.82, 2.24) is 4.98 Å². The van der Waals surface area contributed by atoms with Gasteiger partial charge in [-0.15, -0.1) is 23.2 Å². The second-order valence-electron chi connectivity index (χ2n) is 3.54. The van der Waals surface area contributed by atoms with Crippen LogP contribution in [0.3, 0.4) is 0 Å². The lowest BCUT2D eigenvalue weighted by Gasteiger charge is -2.27. The molecule has 1 aromatic rings. The molecule has 84 valence electrons. The Balaban J connectivity index is 2.79. The number of alkyl halides is 2. The molecule has 0 unspecified atom stereocenters. The third-order valence-electron chi connectivity index (χ3n) is 1.98. The summed E-state index contributed by atoms with van der Waals surface area (Å²) >= 11 is 11.7. The Morgan fingerprint density at radius 3 is 2.67 bits per heavy atom. The molecule has 1 rings (SSSR count). The Hall–Kier alpha value is -0.670. The molecule has 3 nitrogen and oxygen atoms in total. The number of pyridine rings is 1. The molecule has 0 saturated heterocycles. The molecule has 5 heteroatoms. The molecule has 0 atom stereocenters. The topological polar surface area (TPSA) is 34.1 Å². The lowest BCUT2D eigenvalue weighted by molar-refractivity contribution is 0.398. The van der Waals surface area contributed by atoms with Crippen LogP contribution in [0.15, 0.2) is 18.3 Å². The van der Waals surface area contributed by atoms with E-state index in [2.05, 4.69) is 10.3 Å². The second-order valence-corrected chi connectivity index (χ2v) is 4.07. The molecule has 1 aromatic heterocycles. The van der Waals surface area contributed by atoms with Crippen LogP contribution in [0, 0.1) is 0 Å². The van der Waals surface area contributed by atoms with Gasteiger partial charge in [-0.05, 0) is 13.0 Å². The van der Waals surface area contributed by atoms with Crippen LogP contribution >= 0.6 is 23.2 Å². The zero-order valence-electron chi connectivity index (χ0n) is 8.76. The van der Waals surface area contributed by atoms with Crippen molar-refractivity contribution in [1.29, 1.82) is 0 Å². The van der Waals surface area contributed by atoms with Gasteiger partial charge in [0.2, 0.25) is 5.88 Å². The summed E-state index contributed by atoms with van der Waals surface area (Å²) in [5, 5.41) is 3.25. The molecule has 0 aliphatic rings. The van der Waals surface area contributed by atoms with Crippen molar-refractivity contribution in [3.8, 4) is 5.88 Å². The number of aromatic nitrogens is 1. The standard InChI is InChI=1S/C10H14Cl2N2O/c1-10(6-11,7-12)14-8-3-4-13-9(5-8)15-2/h3-5H,6-7H2,1-2H3,(H,13,14). The zero-order chi connectivity index (χ0) is 11.3. The molecule has 0 amide bonds. The number of nitrogens with one attached hydrogen (secondary N) is 1. The second kappa shape index (κ2) is 5.42. The van der Waals surface area contributed by atoms with E-state index in [1.807, 2.05) is 13.0 Å². The predicted octanol–water partition coefficient (Wildman–Crippen LogP) is 2.74. The highest BCUT2D eigenvalue weighted by molar-refractivity contribution is 6.22. The summed E-state index contributed by atoms with van der Waals surface area (Å²) in [5.41, 5.74) is 0.570. The number of methoxy groups -OCH3 is 1. The molecule has 15 heavy (non-hydrogen) atoms. The number of halogens is 2. The molecular formula is C10H14Cl2N2O. The molecule has 0 bridgehead atoms. The Labute approximate surface area is 99.7 Å². The molecule has 0 aliphatic heterocycles. The van der Waals surface area contributed by atoms with Gasteiger partial charge in [-0.25, -0.2) is 4.98 Å². The average molecular weight is 249 g/mol. The molecule has 0 radical (unpaired) electrons. The van der Waals surface area contributed by atoms with Crippen molar-refractivity contribution in [2.75, 3.05) is 24.2 Å². The molecule has 1 N–H and O–H groups in total. The molecule has 1 heterocycles. The van der Waals surface area contributed by atoms with Gasteiger partial charge >= 0.3 is 0 Å². The fourth-order valence-corrected chi connectivity index (χ4v) is 1.47. The highest BCUT2D eigenvalue weighted by atomic mass is 35.5. The monoisotopic (exact) mass is 248 g/mol. The average Bonchev–Trinajstić information content (AvgIpc) is 2.29. The number of ether oxygens (including phenoxy) is 1. The first-order valence-corrected chi connectivity index (χ1v) is 5.60. The van der Waals surface area contributed by atoms with Crippen molar-refractivity contribution in [2.45, 2.75) is 12.5 Å². The van der Waals surface area contributed by atoms with E-state index in [-0.39, 0.29) is 5.54 Å². The molecule has 0 spiro atoms. The van der Waals surface area contributed by atoms with Gasteiger partial charge in [-0.2, -0.15) is 0 Å². The first-order valence-electron chi connectivity index (χ1n) is 4.54. The lowest BCUT2D eigenvalue weighted by atomic mass is 10.1. The maximum absolute atomic E-state index is 5.84. The number of anilines is 1. The van der Waals surface area contributed by atoms with Crippen molar-refractivity contribution in [3.05, 3.63) is 18.3 Å². The number of rotatable bonds is 5. The van der Waals surface area contributed by atoms with Crippen LogP contribution in [0.5, 0.6) is 5.88 Å². The third-order valence-corrected chi connectivity index (χ3v) is 3.16. The molecule has 0 fully saturated rings. The molecular weight excluding hydrogens is 235 g/mol. The van der Waals surface area contributed by atoms with Crippen LogP contribution in [0.1, 0.15) is 6.92 Å². The van der Waals surface area contributed by atoms with E-state index in [0.717, 1.165) is 5.69 Å². The minimum absolute atomic E-state index is 0.324. The summed E-state index contributed by atoms with van der Waals surface area (Å²) in [4.78, 5) is 4.01. The Kier molecular flexibility index (Phi) is 4.48. The van der Waals surface area contributed by atoms with Crippen LogP contribution in [-0.2, 0) is 0 Å². The summed E-state index contributed by atoms with van der Waals surface area (Å²) in [6.07, 6.45) is 1.67. The first-order chi connectivity index (χ1) is 7.13. The summed E-state index contributed by atoms with van der Waals surface area (Å²) < 4.78 is 5.02. The largest absolute Gasteiger partial charge is 0.481 e. The van der Waals surface area contributed by atoms with Crippen LogP contribution in [0.4, 0.5) is 5.69 Å². The smallest absolute Gasteiger partial charge is 0.214 e. The van der Waals surface area contributed by atoms with E-state index in [4.69, 9.17) is 27.9 Å². The van der Waals surface area contributed by atoms with Crippen molar-refractivity contribution in [3.63, 3.8) is 0 Å². The molecule has 0 saturated carbocycles. The summed E-state index contributed by atoms with van der Waals surface area (Å²) in [6.45, 7) is 1.96. The van der Waals surface area contributed by atoms with E-state index in [1.165, 1.54) is 0 Å². The van der Waals surface area contributed by atoms with Gasteiger partial charge in [0.15, 0.2) is 0 Å². The maximum Gasteiger partial charge on any atom is 0.214 e. The fraction of sp³-hybridized carbons (Fsp3) is 0.500. The third kappa shape index (κ3) is 3.43. The number of hydrogen-bond acceptors (Lipinski definition) is 3. The predicted molar refractivity (Wildman–Crippen MR) is 64.3 cm³/mol. The van der Waals surface area contributed by atoms with Crippen molar-refractivity contribution in [2.24, 2.45) is 0 Å². The quantitative estimate of drug-likeness (QED) is 0.814. The highest BCUT2D eigenvalue weighted by Gasteiger charge is 2.21. The van der Waals surface area contributed by atoms with E-state index in [9.17, 15) is 0 Å². The van der Waals surface area contributed by atoms with Crippen LogP contribution in [-0.4, -0.2) is 29.4 Å². The van der Waals surface area contributed by atoms with E-state index >= 15 is 0 Å². The Morgan fingerprint density at radius 2 is 2.13 bits per heavy atom. The van der Waals surface area contributed by atoms with Crippen molar-refractivity contribution >= 4 is 28.9 Å². The van der Waals surface area contributed by atoms with Crippen molar-refractivity contribution < 1.29 is 4.74 Å². The van der Waals surface area contributed by atoms with Gasteiger partial charge < -0.3 is 10.1 Å². The minimum atomic E-state index is -0.324. The van der Waals surface area contributed by atoms with Crippen LogP contribution in [0.2, 0.25) is 0 Å². The molecule has 0 aromatic carbocycles. The van der Waals surface area contributed by atoms with Crippen LogP contribution < -0.4 is 10.1 Å². The van der Waals surface area contributed by atoms with Gasteiger partial charge in [0, 0.05) is 29.7 Å². The van der Waals surface area contributed by atoms with Gasteiger partial charge in [0.25, 0.3) is 0 Å². The first kappa shape index (κ1) is 12.4. The Bertz CT molecular complexity index is 316. The highest BCUT2D eigenvalue weighted by Crippen LogP contribution is 2.20. The summed E-state index contributed by atoms with van der Waals surface area (Å²) in [6, 6.07) is 3.65. The van der Waals surface area contributed by atoms with E-state index in [1.54, 1.807) is 19.4 Å². The fourth-order valence-electron chi connectivity index (χ4n) is 1.05. The van der Waals surface area contributed by atoms with Crippen LogP contribution in [0.25, 0.3) is 0 Å². The van der Waals surface area contributed by atoms with E-state index in [0.29, 0.717) is 17.6 Å². The zero-order valence-corrected chi connectivity index (χ0v) is 10.3. The maximum atomic E-state index is 5.84. The van der Waals surface area contributed by atoms with E-state index < -0.39 is 0 Å². The normalized spacial score (nSPS) is 11.2. The van der Waals surface area contributed by atoms with Gasteiger partial charge in [0.1, 0.15) is 0 Å². The van der Waals surface area contributed by atoms with Gasteiger partial charge in [-0.1, -0.05) is 0 Å². The molecule has 0 aliphatic carbocycles. The van der Waals surface area contributed by atoms with Gasteiger partial charge in [-0.3, -0.25) is 0 Å². The van der Waals surface area contributed by atoms with Gasteiger partial charge in [0.05, 0.1) is 12.6 Å². The number of hydrogen-bond donors (Lipinski definition) is 1. The summed E-state index contributed by atoms with van der Waals surface area (Å²) in [5.74, 6) is 1.42. The summed E-state index contributed by atoms with van der Waals surface area (Å²) in [7, 11) is 1.58. The minimum Gasteiger partial charge on any atom is -0.481 e. The Morgan fingerprint density at radius 1 is 1.47 bits per heavy atom.